The fourth-order valence-corrected chi connectivity index (χ4v) is 4.76. The van der Waals surface area contributed by atoms with Crippen molar-refractivity contribution in [1.29, 1.82) is 0 Å². The summed E-state index contributed by atoms with van der Waals surface area (Å²) in [5, 5.41) is 5.54. The maximum absolute atomic E-state index is 12.8. The van der Waals surface area contributed by atoms with Crippen molar-refractivity contribution >= 4 is 54.9 Å². The standard InChI is InChI=1S/C22H24BrN3O4S2/c1-4-13-26(14-5-2)32(28,29)18-10-8-17(9-11-18)24-22(31)25-21(27)16-7-12-20(30-6-3)19(23)15-16/h4-5,7-12,15H,1-2,6,13-14H2,3H3,(H2,24,25,27,31). The Kier molecular flexibility index (Phi) is 9.58. The fraction of sp³-hybridized carbons (Fsp3) is 0.182. The summed E-state index contributed by atoms with van der Waals surface area (Å²) in [5.74, 6) is 0.245. The van der Waals surface area contributed by atoms with Gasteiger partial charge in [-0.15, -0.1) is 13.2 Å². The zero-order valence-electron chi connectivity index (χ0n) is 17.5. The van der Waals surface area contributed by atoms with Gasteiger partial charge in [0.2, 0.25) is 10.0 Å². The van der Waals surface area contributed by atoms with Crippen LogP contribution in [0.1, 0.15) is 17.3 Å². The second-order valence-electron chi connectivity index (χ2n) is 6.41. The highest BCUT2D eigenvalue weighted by atomic mass is 79.9. The number of sulfonamides is 1. The van der Waals surface area contributed by atoms with Crippen LogP contribution in [0.2, 0.25) is 0 Å². The van der Waals surface area contributed by atoms with E-state index in [0.29, 0.717) is 28.1 Å². The van der Waals surface area contributed by atoms with Gasteiger partial charge in [0.1, 0.15) is 5.75 Å². The lowest BCUT2D eigenvalue weighted by atomic mass is 10.2. The molecule has 0 saturated carbocycles. The second kappa shape index (κ2) is 11.9. The van der Waals surface area contributed by atoms with E-state index < -0.39 is 15.9 Å². The number of ether oxygens (including phenoxy) is 1. The monoisotopic (exact) mass is 537 g/mol. The van der Waals surface area contributed by atoms with E-state index in [1.54, 1.807) is 30.3 Å². The third-order valence-electron chi connectivity index (χ3n) is 4.14. The highest BCUT2D eigenvalue weighted by molar-refractivity contribution is 9.10. The number of nitrogens with zero attached hydrogens (tertiary/aromatic N) is 1. The van der Waals surface area contributed by atoms with Crippen LogP contribution in [-0.2, 0) is 10.0 Å². The zero-order chi connectivity index (χ0) is 23.7. The molecule has 0 atom stereocenters. The number of rotatable bonds is 10. The minimum absolute atomic E-state index is 0.0792. The quantitative estimate of drug-likeness (QED) is 0.346. The minimum Gasteiger partial charge on any atom is -0.493 e. The molecule has 0 aliphatic rings. The molecule has 0 bridgehead atoms. The minimum atomic E-state index is -3.69. The van der Waals surface area contributed by atoms with E-state index >= 15 is 0 Å². The highest BCUT2D eigenvalue weighted by Crippen LogP contribution is 2.26. The van der Waals surface area contributed by atoms with Crippen LogP contribution in [0.15, 0.2) is 77.1 Å². The Labute approximate surface area is 202 Å². The Balaban J connectivity index is 2.05. The smallest absolute Gasteiger partial charge is 0.257 e. The van der Waals surface area contributed by atoms with Crippen molar-refractivity contribution in [2.24, 2.45) is 0 Å². The topological polar surface area (TPSA) is 87.7 Å². The molecule has 0 fully saturated rings. The summed E-state index contributed by atoms with van der Waals surface area (Å²) in [6.45, 7) is 9.91. The van der Waals surface area contributed by atoms with Crippen molar-refractivity contribution in [3.63, 3.8) is 0 Å². The number of amides is 1. The van der Waals surface area contributed by atoms with Crippen molar-refractivity contribution in [3.05, 3.63) is 77.8 Å². The van der Waals surface area contributed by atoms with E-state index in [0.717, 1.165) is 0 Å². The molecular weight excluding hydrogens is 514 g/mol. The first-order valence-corrected chi connectivity index (χ1v) is 12.2. The summed E-state index contributed by atoms with van der Waals surface area (Å²) in [5.41, 5.74) is 0.927. The average molecular weight is 538 g/mol. The van der Waals surface area contributed by atoms with E-state index in [9.17, 15) is 13.2 Å². The molecule has 0 heterocycles. The Morgan fingerprint density at radius 2 is 1.78 bits per heavy atom. The maximum Gasteiger partial charge on any atom is 0.257 e. The lowest BCUT2D eigenvalue weighted by Crippen LogP contribution is -2.34. The van der Waals surface area contributed by atoms with Crippen LogP contribution in [0.25, 0.3) is 0 Å². The summed E-state index contributed by atoms with van der Waals surface area (Å²) >= 11 is 8.57. The summed E-state index contributed by atoms with van der Waals surface area (Å²) in [6, 6.07) is 11.0. The van der Waals surface area contributed by atoms with Crippen LogP contribution in [0, 0.1) is 0 Å². The molecule has 2 N–H and O–H groups in total. The van der Waals surface area contributed by atoms with E-state index in [1.807, 2.05) is 6.92 Å². The van der Waals surface area contributed by atoms with Gasteiger partial charge in [-0.1, -0.05) is 12.2 Å². The van der Waals surface area contributed by atoms with Crippen molar-refractivity contribution in [2.75, 3.05) is 25.0 Å². The van der Waals surface area contributed by atoms with E-state index in [1.165, 1.54) is 28.6 Å². The number of thiocarbonyl (C=S) groups is 1. The van der Waals surface area contributed by atoms with Gasteiger partial charge in [0.15, 0.2) is 5.11 Å². The van der Waals surface area contributed by atoms with Crippen LogP contribution in [0.3, 0.4) is 0 Å². The number of anilines is 1. The number of benzene rings is 2. The Bertz CT molecular complexity index is 1090. The van der Waals surface area contributed by atoms with Crippen molar-refractivity contribution in [1.82, 2.24) is 9.62 Å². The van der Waals surface area contributed by atoms with Gasteiger partial charge in [-0.05, 0) is 77.5 Å². The summed E-state index contributed by atoms with van der Waals surface area (Å²) in [7, 11) is -3.69. The van der Waals surface area contributed by atoms with Crippen LogP contribution >= 0.6 is 28.1 Å². The molecule has 170 valence electrons. The molecule has 7 nitrogen and oxygen atoms in total. The van der Waals surface area contributed by atoms with Crippen LogP contribution in [-0.4, -0.2) is 43.4 Å². The molecule has 0 radical (unpaired) electrons. The Hall–Kier alpha value is -2.53. The van der Waals surface area contributed by atoms with Crippen molar-refractivity contribution in [2.45, 2.75) is 11.8 Å². The molecule has 0 aliphatic heterocycles. The maximum atomic E-state index is 12.8. The van der Waals surface area contributed by atoms with Gasteiger partial charge in [-0.3, -0.25) is 10.1 Å². The predicted octanol–water partition coefficient (Wildman–Crippen LogP) is 4.34. The normalized spacial score (nSPS) is 11.0. The molecule has 2 aromatic carbocycles. The SMILES string of the molecule is C=CCN(CC=C)S(=O)(=O)c1ccc(NC(=S)NC(=O)c2ccc(OCC)c(Br)c2)cc1. The highest BCUT2D eigenvalue weighted by Gasteiger charge is 2.22. The number of hydrogen-bond acceptors (Lipinski definition) is 5. The van der Waals surface area contributed by atoms with E-state index in [4.69, 9.17) is 17.0 Å². The van der Waals surface area contributed by atoms with Gasteiger partial charge in [0, 0.05) is 24.3 Å². The Morgan fingerprint density at radius 1 is 1.16 bits per heavy atom. The molecule has 0 aliphatic carbocycles. The number of halogens is 1. The molecule has 1 amide bonds. The number of nitrogens with one attached hydrogen (secondary N) is 2. The fourth-order valence-electron chi connectivity index (χ4n) is 2.67. The van der Waals surface area contributed by atoms with Crippen LogP contribution in [0.4, 0.5) is 5.69 Å². The first-order valence-electron chi connectivity index (χ1n) is 9.59. The van der Waals surface area contributed by atoms with E-state index in [-0.39, 0.29) is 23.1 Å². The largest absolute Gasteiger partial charge is 0.493 e. The summed E-state index contributed by atoms with van der Waals surface area (Å²) in [4.78, 5) is 12.6. The lowest BCUT2D eigenvalue weighted by molar-refractivity contribution is 0.0977. The van der Waals surface area contributed by atoms with Gasteiger partial charge in [0.25, 0.3) is 5.91 Å². The molecule has 2 rings (SSSR count). The van der Waals surface area contributed by atoms with Gasteiger partial charge in [0.05, 0.1) is 16.0 Å². The molecule has 0 saturated heterocycles. The lowest BCUT2D eigenvalue weighted by Gasteiger charge is -2.19. The molecule has 10 heteroatoms. The molecule has 0 aromatic heterocycles. The average Bonchev–Trinajstić information content (AvgIpc) is 2.75. The third-order valence-corrected chi connectivity index (χ3v) is 6.81. The van der Waals surface area contributed by atoms with Crippen molar-refractivity contribution < 1.29 is 17.9 Å². The molecular formula is C22H24BrN3O4S2. The first-order chi connectivity index (χ1) is 15.2. The zero-order valence-corrected chi connectivity index (χ0v) is 20.7. The van der Waals surface area contributed by atoms with Gasteiger partial charge in [-0.2, -0.15) is 4.31 Å². The molecule has 0 unspecified atom stereocenters. The molecule has 0 spiro atoms. The second-order valence-corrected chi connectivity index (χ2v) is 9.61. The summed E-state index contributed by atoms with van der Waals surface area (Å²) < 4.78 is 32.9. The van der Waals surface area contributed by atoms with Crippen LogP contribution < -0.4 is 15.4 Å². The third kappa shape index (κ3) is 6.73. The predicted molar refractivity (Wildman–Crippen MR) is 135 cm³/mol. The Morgan fingerprint density at radius 3 is 2.31 bits per heavy atom. The molecule has 2 aromatic rings. The number of carbonyl (C=O) groups excluding carboxylic acids is 1. The van der Waals surface area contributed by atoms with E-state index in [2.05, 4.69) is 39.7 Å². The molecule has 32 heavy (non-hydrogen) atoms. The van der Waals surface area contributed by atoms with Gasteiger partial charge < -0.3 is 10.1 Å². The summed E-state index contributed by atoms with van der Waals surface area (Å²) in [6.07, 6.45) is 3.03. The van der Waals surface area contributed by atoms with Gasteiger partial charge in [-0.25, -0.2) is 8.42 Å². The number of hydrogen-bond donors (Lipinski definition) is 2. The van der Waals surface area contributed by atoms with Crippen LogP contribution in [0.5, 0.6) is 5.75 Å². The van der Waals surface area contributed by atoms with Crippen molar-refractivity contribution in [3.8, 4) is 5.75 Å². The van der Waals surface area contributed by atoms with Gasteiger partial charge >= 0.3 is 0 Å². The first kappa shape index (κ1) is 25.7. The number of carbonyl (C=O) groups is 1.